The first-order valence-corrected chi connectivity index (χ1v) is 9.03. The highest BCUT2D eigenvalue weighted by Gasteiger charge is 2.12. The Hall–Kier alpha value is -0.690. The molecule has 1 rings (SSSR count). The number of nitrogens with zero attached hydrogens (tertiary/aromatic N) is 2. The number of nitrogens with two attached hydrogens (primary N) is 1. The summed E-state index contributed by atoms with van der Waals surface area (Å²) in [5.41, 5.74) is 4.96. The van der Waals surface area contributed by atoms with E-state index in [2.05, 4.69) is 16.8 Å². The average Bonchev–Trinajstić information content (AvgIpc) is 2.58. The number of hydrogen-bond donors (Lipinski definition) is 1. The SMILES string of the molecule is CC.CC.CN1CCN(CCOCCCCOCC(N)=O)CC1. The summed E-state index contributed by atoms with van der Waals surface area (Å²) in [4.78, 5) is 15.2. The first-order valence-electron chi connectivity index (χ1n) is 9.03. The van der Waals surface area contributed by atoms with E-state index in [1.165, 1.54) is 0 Å². The fourth-order valence-corrected chi connectivity index (χ4v) is 1.95. The molecule has 1 aliphatic heterocycles. The van der Waals surface area contributed by atoms with Crippen molar-refractivity contribution in [2.24, 2.45) is 5.73 Å². The van der Waals surface area contributed by atoms with Gasteiger partial charge >= 0.3 is 0 Å². The standard InChI is InChI=1S/C13H27N3O3.2C2H6/c1-15-4-6-16(7-5-15)8-11-18-9-2-3-10-19-12-13(14)17;2*1-2/h2-12H2,1H3,(H2,14,17);2*1-2H3. The van der Waals surface area contributed by atoms with Gasteiger partial charge in [0.25, 0.3) is 0 Å². The molecule has 1 heterocycles. The molecule has 0 aromatic heterocycles. The molecule has 0 unspecified atom stereocenters. The van der Waals surface area contributed by atoms with Crippen LogP contribution < -0.4 is 5.73 Å². The van der Waals surface area contributed by atoms with Crippen LogP contribution in [0.4, 0.5) is 0 Å². The maximum atomic E-state index is 10.4. The zero-order valence-corrected chi connectivity index (χ0v) is 16.0. The molecule has 1 saturated heterocycles. The van der Waals surface area contributed by atoms with Crippen LogP contribution in [0.3, 0.4) is 0 Å². The lowest BCUT2D eigenvalue weighted by atomic mass is 10.3. The second-order valence-corrected chi connectivity index (χ2v) is 4.98. The normalized spacial score (nSPS) is 15.2. The topological polar surface area (TPSA) is 68.0 Å². The second kappa shape index (κ2) is 19.4. The summed E-state index contributed by atoms with van der Waals surface area (Å²) in [6.45, 7) is 15.7. The number of unbranched alkanes of at least 4 members (excludes halogenated alkanes) is 1. The van der Waals surface area contributed by atoms with Crippen molar-refractivity contribution in [3.05, 3.63) is 0 Å². The van der Waals surface area contributed by atoms with Gasteiger partial charge in [0.15, 0.2) is 0 Å². The highest BCUT2D eigenvalue weighted by atomic mass is 16.5. The van der Waals surface area contributed by atoms with Crippen molar-refractivity contribution in [3.63, 3.8) is 0 Å². The fraction of sp³-hybridized carbons (Fsp3) is 0.941. The molecule has 0 aromatic carbocycles. The van der Waals surface area contributed by atoms with E-state index < -0.39 is 5.91 Å². The number of amides is 1. The fourth-order valence-electron chi connectivity index (χ4n) is 1.95. The summed E-state index contributed by atoms with van der Waals surface area (Å²) < 4.78 is 10.7. The Kier molecular flexibility index (Phi) is 20.7. The molecule has 0 aromatic rings. The number of ether oxygens (including phenoxy) is 2. The van der Waals surface area contributed by atoms with Crippen LogP contribution >= 0.6 is 0 Å². The van der Waals surface area contributed by atoms with Crippen LogP contribution in [0.1, 0.15) is 40.5 Å². The molecule has 6 heteroatoms. The van der Waals surface area contributed by atoms with Crippen LogP contribution in [0.25, 0.3) is 0 Å². The minimum atomic E-state index is -0.413. The molecule has 140 valence electrons. The van der Waals surface area contributed by atoms with Crippen molar-refractivity contribution >= 4 is 5.91 Å². The van der Waals surface area contributed by atoms with E-state index in [0.29, 0.717) is 6.61 Å². The largest absolute Gasteiger partial charge is 0.380 e. The van der Waals surface area contributed by atoms with Gasteiger partial charge in [-0.1, -0.05) is 27.7 Å². The molecule has 1 amide bonds. The first-order chi connectivity index (χ1) is 11.2. The van der Waals surface area contributed by atoms with Crippen LogP contribution in [-0.2, 0) is 14.3 Å². The molecule has 0 radical (unpaired) electrons. The van der Waals surface area contributed by atoms with Gasteiger partial charge in [0, 0.05) is 45.9 Å². The van der Waals surface area contributed by atoms with Crippen LogP contribution in [0.5, 0.6) is 0 Å². The molecule has 23 heavy (non-hydrogen) atoms. The van der Waals surface area contributed by atoms with Crippen molar-refractivity contribution in [1.29, 1.82) is 0 Å². The molecule has 1 aliphatic rings. The molecule has 0 atom stereocenters. The molecule has 0 spiro atoms. The van der Waals surface area contributed by atoms with Crippen molar-refractivity contribution < 1.29 is 14.3 Å². The Bertz CT molecular complexity index is 245. The lowest BCUT2D eigenvalue weighted by Crippen LogP contribution is -2.45. The van der Waals surface area contributed by atoms with E-state index in [9.17, 15) is 4.79 Å². The van der Waals surface area contributed by atoms with E-state index in [-0.39, 0.29) is 6.61 Å². The molecular formula is C17H39N3O3. The maximum Gasteiger partial charge on any atom is 0.243 e. The monoisotopic (exact) mass is 333 g/mol. The van der Waals surface area contributed by atoms with E-state index in [0.717, 1.165) is 58.8 Å². The number of carbonyl (C=O) groups excluding carboxylic acids is 1. The van der Waals surface area contributed by atoms with Gasteiger partial charge in [0.2, 0.25) is 5.91 Å². The lowest BCUT2D eigenvalue weighted by molar-refractivity contribution is -0.122. The second-order valence-electron chi connectivity index (χ2n) is 4.98. The third kappa shape index (κ3) is 17.5. The predicted octanol–water partition coefficient (Wildman–Crippen LogP) is 1.58. The average molecular weight is 334 g/mol. The highest BCUT2D eigenvalue weighted by Crippen LogP contribution is 1.99. The summed E-state index contributed by atoms with van der Waals surface area (Å²) in [7, 11) is 2.16. The van der Waals surface area contributed by atoms with Crippen molar-refractivity contribution in [2.75, 3.05) is 66.2 Å². The summed E-state index contributed by atoms with van der Waals surface area (Å²) in [6, 6.07) is 0. The van der Waals surface area contributed by atoms with E-state index in [1.54, 1.807) is 0 Å². The van der Waals surface area contributed by atoms with Crippen LogP contribution in [0, 0.1) is 0 Å². The summed E-state index contributed by atoms with van der Waals surface area (Å²) in [6.07, 6.45) is 1.86. The summed E-state index contributed by atoms with van der Waals surface area (Å²) >= 11 is 0. The van der Waals surface area contributed by atoms with Gasteiger partial charge in [-0.3, -0.25) is 9.69 Å². The van der Waals surface area contributed by atoms with Crippen molar-refractivity contribution in [2.45, 2.75) is 40.5 Å². The lowest BCUT2D eigenvalue weighted by Gasteiger charge is -2.32. The van der Waals surface area contributed by atoms with Crippen LogP contribution in [0.2, 0.25) is 0 Å². The molecular weight excluding hydrogens is 294 g/mol. The van der Waals surface area contributed by atoms with Gasteiger partial charge in [-0.2, -0.15) is 0 Å². The number of piperazine rings is 1. The Morgan fingerprint density at radius 3 is 1.96 bits per heavy atom. The number of likely N-dealkylation sites (N-methyl/N-ethyl adjacent to an activating group) is 1. The quantitative estimate of drug-likeness (QED) is 0.615. The third-order valence-electron chi connectivity index (χ3n) is 3.22. The number of rotatable bonds is 10. The van der Waals surface area contributed by atoms with Gasteiger partial charge in [0.1, 0.15) is 6.61 Å². The van der Waals surface area contributed by atoms with Crippen LogP contribution in [-0.4, -0.2) is 81.9 Å². The molecule has 0 bridgehead atoms. The molecule has 1 fully saturated rings. The van der Waals surface area contributed by atoms with Crippen molar-refractivity contribution in [3.8, 4) is 0 Å². The van der Waals surface area contributed by atoms with Crippen LogP contribution in [0.15, 0.2) is 0 Å². The Morgan fingerprint density at radius 2 is 1.43 bits per heavy atom. The summed E-state index contributed by atoms with van der Waals surface area (Å²) in [5, 5.41) is 0. The predicted molar refractivity (Wildman–Crippen MR) is 96.7 cm³/mol. The smallest absolute Gasteiger partial charge is 0.243 e. The number of primary amides is 1. The van der Waals surface area contributed by atoms with E-state index in [4.69, 9.17) is 15.2 Å². The van der Waals surface area contributed by atoms with Gasteiger partial charge in [-0.05, 0) is 19.9 Å². The molecule has 6 nitrogen and oxygen atoms in total. The minimum Gasteiger partial charge on any atom is -0.380 e. The minimum absolute atomic E-state index is 0.0181. The third-order valence-corrected chi connectivity index (χ3v) is 3.22. The number of carbonyl (C=O) groups is 1. The van der Waals surface area contributed by atoms with Gasteiger partial charge < -0.3 is 20.1 Å². The molecule has 0 aliphatic carbocycles. The Labute approximate surface area is 143 Å². The van der Waals surface area contributed by atoms with Gasteiger partial charge in [-0.15, -0.1) is 0 Å². The molecule has 0 saturated carbocycles. The molecule has 2 N–H and O–H groups in total. The van der Waals surface area contributed by atoms with E-state index in [1.807, 2.05) is 27.7 Å². The zero-order valence-electron chi connectivity index (χ0n) is 16.0. The zero-order chi connectivity index (χ0) is 17.9. The number of hydrogen-bond acceptors (Lipinski definition) is 5. The van der Waals surface area contributed by atoms with Crippen molar-refractivity contribution in [1.82, 2.24) is 9.80 Å². The Balaban J connectivity index is 0. The highest BCUT2D eigenvalue weighted by molar-refractivity contribution is 5.74. The maximum absolute atomic E-state index is 10.4. The van der Waals surface area contributed by atoms with E-state index >= 15 is 0 Å². The first kappa shape index (κ1) is 24.6. The Morgan fingerprint density at radius 1 is 0.913 bits per heavy atom. The summed E-state index contributed by atoms with van der Waals surface area (Å²) in [5.74, 6) is -0.413. The van der Waals surface area contributed by atoms with Gasteiger partial charge in [0.05, 0.1) is 6.61 Å². The van der Waals surface area contributed by atoms with Gasteiger partial charge in [-0.25, -0.2) is 0 Å².